The highest BCUT2D eigenvalue weighted by Gasteiger charge is 2.35. The van der Waals surface area contributed by atoms with Crippen molar-refractivity contribution in [1.29, 1.82) is 0 Å². The van der Waals surface area contributed by atoms with Crippen LogP contribution in [0.5, 0.6) is 0 Å². The third-order valence-electron chi connectivity index (χ3n) is 6.33. The van der Waals surface area contributed by atoms with Gasteiger partial charge >= 0.3 is 18.0 Å². The van der Waals surface area contributed by atoms with Crippen LogP contribution in [0.2, 0.25) is 0 Å². The largest absolute Gasteiger partial charge is 0.467 e. The zero-order valence-electron chi connectivity index (χ0n) is 21.6. The van der Waals surface area contributed by atoms with Crippen LogP contribution in [0, 0.1) is 0 Å². The molecule has 2 N–H and O–H groups in total. The van der Waals surface area contributed by atoms with Gasteiger partial charge in [-0.25, -0.2) is 22.8 Å². The van der Waals surface area contributed by atoms with Crippen molar-refractivity contribution >= 4 is 34.1 Å². The Kier molecular flexibility index (Phi) is 9.20. The average Bonchev–Trinajstić information content (AvgIpc) is 3.32. The molecule has 4 rings (SSSR count). The van der Waals surface area contributed by atoms with Crippen molar-refractivity contribution in [2.75, 3.05) is 26.3 Å². The molecular weight excluding hydrogens is 526 g/mol. The Bertz CT molecular complexity index is 1340. The van der Waals surface area contributed by atoms with Gasteiger partial charge in [0.2, 0.25) is 10.0 Å². The number of nitrogens with zero attached hydrogens (tertiary/aromatic N) is 1. The fourth-order valence-corrected chi connectivity index (χ4v) is 5.91. The Morgan fingerprint density at radius 1 is 1.08 bits per heavy atom. The van der Waals surface area contributed by atoms with Crippen LogP contribution in [-0.2, 0) is 29.1 Å². The first-order valence-corrected chi connectivity index (χ1v) is 14.2. The van der Waals surface area contributed by atoms with Crippen molar-refractivity contribution in [3.8, 4) is 0 Å². The van der Waals surface area contributed by atoms with Gasteiger partial charge in [-0.15, -0.1) is 0 Å². The number of benzene rings is 1. The lowest BCUT2D eigenvalue weighted by molar-refractivity contribution is -0.140. The topological polar surface area (TPSA) is 144 Å². The van der Waals surface area contributed by atoms with E-state index in [-0.39, 0.29) is 22.8 Å². The number of hydrogen-bond acceptors (Lipinski definition) is 8. The molecule has 2 amide bonds. The van der Waals surface area contributed by atoms with Crippen molar-refractivity contribution in [2.24, 2.45) is 0 Å². The summed E-state index contributed by atoms with van der Waals surface area (Å²) in [7, 11) is -3.57. The molecule has 1 fully saturated rings. The number of ether oxygens (including phenoxy) is 2. The minimum Gasteiger partial charge on any atom is -0.467 e. The fourth-order valence-electron chi connectivity index (χ4n) is 4.39. The van der Waals surface area contributed by atoms with Crippen LogP contribution in [0.1, 0.15) is 50.0 Å². The average molecular weight is 558 g/mol. The number of carbonyl (C=O) groups excluding carboxylic acids is 3. The lowest BCUT2D eigenvalue weighted by Crippen LogP contribution is -2.47. The molecule has 2 aromatic rings. The summed E-state index contributed by atoms with van der Waals surface area (Å²) in [6, 6.07) is 7.96. The Labute approximate surface area is 226 Å². The molecule has 1 unspecified atom stereocenters. The highest BCUT2D eigenvalue weighted by atomic mass is 32.2. The Morgan fingerprint density at radius 3 is 2.44 bits per heavy atom. The van der Waals surface area contributed by atoms with Gasteiger partial charge in [0.25, 0.3) is 0 Å². The van der Waals surface area contributed by atoms with Gasteiger partial charge in [0.05, 0.1) is 29.0 Å². The maximum Gasteiger partial charge on any atom is 0.338 e. The summed E-state index contributed by atoms with van der Waals surface area (Å²) in [5, 5.41) is 5.11. The van der Waals surface area contributed by atoms with E-state index >= 15 is 0 Å². The number of sulfonamides is 1. The first-order valence-electron chi connectivity index (χ1n) is 12.8. The van der Waals surface area contributed by atoms with Gasteiger partial charge in [-0.2, -0.15) is 4.31 Å². The molecule has 2 aliphatic rings. The van der Waals surface area contributed by atoms with Crippen LogP contribution in [0.15, 0.2) is 69.3 Å². The zero-order valence-corrected chi connectivity index (χ0v) is 22.4. The second-order valence-corrected chi connectivity index (χ2v) is 10.9. The van der Waals surface area contributed by atoms with Crippen molar-refractivity contribution in [1.82, 2.24) is 14.9 Å². The van der Waals surface area contributed by atoms with Gasteiger partial charge in [0, 0.05) is 19.2 Å². The van der Waals surface area contributed by atoms with Gasteiger partial charge < -0.3 is 24.5 Å². The van der Waals surface area contributed by atoms with E-state index in [4.69, 9.17) is 13.9 Å². The third-order valence-corrected chi connectivity index (χ3v) is 8.24. The van der Waals surface area contributed by atoms with Crippen molar-refractivity contribution in [3.63, 3.8) is 0 Å². The van der Waals surface area contributed by atoms with E-state index in [0.29, 0.717) is 24.4 Å². The van der Waals surface area contributed by atoms with Crippen molar-refractivity contribution in [2.45, 2.75) is 43.5 Å². The van der Waals surface area contributed by atoms with Crippen LogP contribution >= 0.6 is 0 Å². The standard InChI is InChI=1S/C27H31N3O8S/c1-2-36-26(32)24-21(28-27(33)29-25(24)22-8-7-17-37-22)18-38-23(31)14-11-19-9-12-20(13-10-19)39(34,35)30-15-5-3-4-6-16-30/h7-14,17,25H,2-6,15-16,18H2,1H3,(H2,28,29,33)/b14-11+. The molecule has 1 aromatic heterocycles. The molecule has 0 saturated carbocycles. The van der Waals surface area contributed by atoms with Gasteiger partial charge in [-0.1, -0.05) is 25.0 Å². The summed E-state index contributed by atoms with van der Waals surface area (Å²) in [5.41, 5.74) is 0.731. The molecular formula is C27H31N3O8S. The van der Waals surface area contributed by atoms with Crippen LogP contribution in [-0.4, -0.2) is 57.0 Å². The monoisotopic (exact) mass is 557 g/mol. The number of carbonyl (C=O) groups is 3. The van der Waals surface area contributed by atoms with Crippen molar-refractivity contribution in [3.05, 3.63) is 71.3 Å². The minimum atomic E-state index is -3.57. The molecule has 208 valence electrons. The van der Waals surface area contributed by atoms with Crippen LogP contribution < -0.4 is 10.6 Å². The number of rotatable bonds is 9. The smallest absolute Gasteiger partial charge is 0.338 e. The van der Waals surface area contributed by atoms with E-state index < -0.39 is 40.6 Å². The molecule has 1 saturated heterocycles. The summed E-state index contributed by atoms with van der Waals surface area (Å²) < 4.78 is 43.2. The number of esters is 2. The second-order valence-electron chi connectivity index (χ2n) is 8.99. The van der Waals surface area contributed by atoms with E-state index in [2.05, 4.69) is 10.6 Å². The highest BCUT2D eigenvalue weighted by molar-refractivity contribution is 7.89. The Balaban J connectivity index is 1.43. The van der Waals surface area contributed by atoms with E-state index in [0.717, 1.165) is 25.7 Å². The first kappa shape index (κ1) is 28.1. The molecule has 39 heavy (non-hydrogen) atoms. The van der Waals surface area contributed by atoms with E-state index in [1.165, 1.54) is 34.9 Å². The molecule has 0 aliphatic carbocycles. The number of furan rings is 1. The van der Waals surface area contributed by atoms with Crippen LogP contribution in [0.25, 0.3) is 6.08 Å². The molecule has 12 heteroatoms. The molecule has 11 nitrogen and oxygen atoms in total. The minimum absolute atomic E-state index is 0.0596. The third kappa shape index (κ3) is 6.95. The number of urea groups is 1. The van der Waals surface area contributed by atoms with E-state index in [1.54, 1.807) is 31.2 Å². The lowest BCUT2D eigenvalue weighted by Gasteiger charge is -2.27. The summed E-state index contributed by atoms with van der Waals surface area (Å²) in [6.07, 6.45) is 7.83. The number of nitrogens with one attached hydrogen (secondary N) is 2. The number of amides is 2. The highest BCUT2D eigenvalue weighted by Crippen LogP contribution is 2.28. The molecule has 3 heterocycles. The fraction of sp³-hybridized carbons (Fsp3) is 0.370. The summed E-state index contributed by atoms with van der Waals surface area (Å²) in [6.45, 7) is 2.40. The van der Waals surface area contributed by atoms with Gasteiger partial charge in [-0.05, 0) is 55.7 Å². The maximum atomic E-state index is 12.9. The summed E-state index contributed by atoms with van der Waals surface area (Å²) in [4.78, 5) is 37.5. The van der Waals surface area contributed by atoms with Gasteiger partial charge in [-0.3, -0.25) is 0 Å². The predicted molar refractivity (Wildman–Crippen MR) is 140 cm³/mol. The van der Waals surface area contributed by atoms with Gasteiger partial charge in [0.1, 0.15) is 18.4 Å². The predicted octanol–water partition coefficient (Wildman–Crippen LogP) is 3.27. The quantitative estimate of drug-likeness (QED) is 0.353. The SMILES string of the molecule is CCOC(=O)C1=C(COC(=O)/C=C/c2ccc(S(=O)(=O)N3CCCCCC3)cc2)NC(=O)NC1c1ccco1. The summed E-state index contributed by atoms with van der Waals surface area (Å²) >= 11 is 0. The molecule has 1 aromatic carbocycles. The normalized spacial score (nSPS) is 18.8. The molecule has 0 radical (unpaired) electrons. The second kappa shape index (κ2) is 12.8. The van der Waals surface area contributed by atoms with Crippen molar-refractivity contribution < 1.29 is 36.7 Å². The van der Waals surface area contributed by atoms with Gasteiger partial charge in [0.15, 0.2) is 0 Å². The van der Waals surface area contributed by atoms with E-state index in [1.807, 2.05) is 0 Å². The zero-order chi connectivity index (χ0) is 27.8. The Morgan fingerprint density at radius 2 is 1.79 bits per heavy atom. The van der Waals surface area contributed by atoms with Crippen LogP contribution in [0.3, 0.4) is 0 Å². The first-order chi connectivity index (χ1) is 18.8. The maximum absolute atomic E-state index is 12.9. The molecule has 1 atom stereocenters. The molecule has 0 spiro atoms. The van der Waals surface area contributed by atoms with E-state index in [9.17, 15) is 22.8 Å². The molecule has 0 bridgehead atoms. The lowest BCUT2D eigenvalue weighted by atomic mass is 10.0. The Hall–Kier alpha value is -3.90. The number of hydrogen-bond donors (Lipinski definition) is 2. The summed E-state index contributed by atoms with van der Waals surface area (Å²) in [5.74, 6) is -1.10. The molecule has 2 aliphatic heterocycles. The van der Waals surface area contributed by atoms with Crippen LogP contribution in [0.4, 0.5) is 4.79 Å².